The molecule has 0 unspecified atom stereocenters. The lowest BCUT2D eigenvalue weighted by Gasteiger charge is -2.34. The van der Waals surface area contributed by atoms with Crippen molar-refractivity contribution in [1.29, 1.82) is 0 Å². The van der Waals surface area contributed by atoms with Crippen LogP contribution in [0.25, 0.3) is 5.32 Å². The molecule has 0 saturated carbocycles. The molecule has 1 heterocycles. The summed E-state index contributed by atoms with van der Waals surface area (Å²) >= 11 is 1.76. The van der Waals surface area contributed by atoms with Gasteiger partial charge in [-0.25, -0.2) is 0 Å². The van der Waals surface area contributed by atoms with Crippen LogP contribution in [0.2, 0.25) is 0 Å². The molecule has 0 spiro atoms. The normalized spacial score (nSPS) is 13.2. The van der Waals surface area contributed by atoms with Gasteiger partial charge < -0.3 is 15.7 Å². The molecule has 0 aromatic heterocycles. The van der Waals surface area contributed by atoms with E-state index in [0.717, 1.165) is 40.5 Å². The predicted molar refractivity (Wildman–Crippen MR) is 138 cm³/mol. The summed E-state index contributed by atoms with van der Waals surface area (Å²) in [6, 6.07) is 19.1. The molecule has 0 bridgehead atoms. The summed E-state index contributed by atoms with van der Waals surface area (Å²) in [6.07, 6.45) is 0.916. The van der Waals surface area contributed by atoms with Gasteiger partial charge in [-0.05, 0) is 41.5 Å². The molecule has 0 radical (unpaired) electrons. The van der Waals surface area contributed by atoms with Gasteiger partial charge in [0.2, 0.25) is 0 Å². The van der Waals surface area contributed by atoms with Gasteiger partial charge in [0.05, 0.1) is 5.88 Å². The van der Waals surface area contributed by atoms with Crippen molar-refractivity contribution in [3.8, 4) is 5.75 Å². The first-order valence-corrected chi connectivity index (χ1v) is 12.2. The molecular weight excluding hydrogens is 412 g/mol. The second-order valence-electron chi connectivity index (χ2n) is 10.6. The van der Waals surface area contributed by atoms with Gasteiger partial charge in [-0.2, -0.15) is 0 Å². The van der Waals surface area contributed by atoms with Gasteiger partial charge in [-0.1, -0.05) is 83.0 Å². The monoisotopic (exact) mass is 445 g/mol. The van der Waals surface area contributed by atoms with Crippen LogP contribution in [0.4, 0.5) is 17.1 Å². The van der Waals surface area contributed by atoms with E-state index < -0.39 is 0 Å². The first-order valence-electron chi connectivity index (χ1n) is 11.2. The maximum Gasteiger partial charge on any atom is 0.123 e. The fraction of sp³-hybridized carbons (Fsp3) is 0.357. The molecule has 3 nitrogen and oxygen atoms in total. The van der Waals surface area contributed by atoms with Crippen LogP contribution >= 0.6 is 11.8 Å². The summed E-state index contributed by atoms with van der Waals surface area (Å²) in [6.45, 7) is 12.9. The maximum absolute atomic E-state index is 10.9. The number of thioether (sulfide) groups is 1. The number of para-hydroxylation sites is 1. The van der Waals surface area contributed by atoms with Gasteiger partial charge in [-0.15, -0.1) is 23.1 Å². The number of hydrogen-bond acceptors (Lipinski definition) is 3. The maximum atomic E-state index is 10.9. The Morgan fingerprint density at radius 1 is 0.844 bits per heavy atom. The van der Waals surface area contributed by atoms with Gasteiger partial charge in [0.25, 0.3) is 0 Å². The number of anilines is 1. The summed E-state index contributed by atoms with van der Waals surface area (Å²) in [5.74, 6) is 1.19. The van der Waals surface area contributed by atoms with E-state index in [1.807, 2.05) is 6.07 Å². The molecule has 1 aliphatic rings. The van der Waals surface area contributed by atoms with E-state index >= 15 is 0 Å². The van der Waals surface area contributed by atoms with Crippen LogP contribution in [0.5, 0.6) is 5.75 Å². The van der Waals surface area contributed by atoms with Gasteiger partial charge in [0.15, 0.2) is 0 Å². The smallest absolute Gasteiger partial charge is 0.123 e. The third kappa shape index (κ3) is 4.75. The second-order valence-corrected chi connectivity index (χ2v) is 11.6. The highest BCUT2D eigenvalue weighted by Crippen LogP contribution is 2.44. The lowest BCUT2D eigenvalue weighted by Crippen LogP contribution is -2.17. The van der Waals surface area contributed by atoms with E-state index in [1.165, 1.54) is 16.0 Å². The summed E-state index contributed by atoms with van der Waals surface area (Å²) in [5, 5.41) is 19.3. The minimum atomic E-state index is -0.119. The van der Waals surface area contributed by atoms with Crippen LogP contribution in [-0.4, -0.2) is 11.0 Å². The van der Waals surface area contributed by atoms with Crippen molar-refractivity contribution in [1.82, 2.24) is 0 Å². The third-order valence-electron chi connectivity index (χ3n) is 5.91. The zero-order chi connectivity index (χ0) is 23.1. The number of nitrogens with one attached hydrogen (secondary N) is 1. The number of hydrogen-bond donors (Lipinski definition) is 2. The number of benzene rings is 3. The van der Waals surface area contributed by atoms with Crippen LogP contribution in [0.1, 0.15) is 63.8 Å². The van der Waals surface area contributed by atoms with E-state index in [4.69, 9.17) is 5.32 Å². The second kappa shape index (κ2) is 8.40. The van der Waals surface area contributed by atoms with Crippen molar-refractivity contribution in [2.45, 2.75) is 63.7 Å². The zero-order valence-corrected chi connectivity index (χ0v) is 20.7. The van der Waals surface area contributed by atoms with E-state index in [-0.39, 0.29) is 10.8 Å². The van der Waals surface area contributed by atoms with Crippen molar-refractivity contribution in [2.24, 2.45) is 0 Å². The molecule has 0 saturated heterocycles. The lowest BCUT2D eigenvalue weighted by atomic mass is 9.79. The minimum absolute atomic E-state index is 0.119. The quantitative estimate of drug-likeness (QED) is 0.245. The van der Waals surface area contributed by atoms with E-state index in [0.29, 0.717) is 5.75 Å². The molecule has 4 rings (SSSR count). The minimum Gasteiger partial charge on any atom is -0.657 e. The summed E-state index contributed by atoms with van der Waals surface area (Å²) in [5.41, 5.74) is 7.55. The fourth-order valence-electron chi connectivity index (χ4n) is 4.09. The molecule has 3 aromatic rings. The molecule has 2 N–H and O–H groups in total. The highest BCUT2D eigenvalue weighted by molar-refractivity contribution is 7.99. The molecule has 3 aromatic carbocycles. The lowest BCUT2D eigenvalue weighted by molar-refractivity contribution is 0.422. The molecule has 0 atom stereocenters. The van der Waals surface area contributed by atoms with E-state index in [1.54, 1.807) is 11.8 Å². The number of aromatic hydroxyl groups is 1. The highest BCUT2D eigenvalue weighted by Gasteiger charge is 2.26. The Bertz CT molecular complexity index is 1100. The SMILES string of the molecule is CC(C)(C)c1cc(SCNc2ccc3c(c2)Cc2ccccc2[N-]3)cc(C(C)(C)C)c1O. The Hall–Kier alpha value is -2.59. The average molecular weight is 446 g/mol. The Kier molecular flexibility index (Phi) is 5.93. The number of phenols is 1. The summed E-state index contributed by atoms with van der Waals surface area (Å²) in [7, 11) is 0. The molecule has 0 aliphatic carbocycles. The van der Waals surface area contributed by atoms with E-state index in [2.05, 4.69) is 95.4 Å². The molecule has 32 heavy (non-hydrogen) atoms. The summed E-state index contributed by atoms with van der Waals surface area (Å²) < 4.78 is 0. The van der Waals surface area contributed by atoms with Gasteiger partial charge in [0.1, 0.15) is 5.75 Å². The standard InChI is InChI=1S/C28H33N2OS/c1-27(2,3)22-15-21(16-23(26(22)31)28(4,5)6)32-17-29-20-11-12-25-19(14-20)13-18-9-7-8-10-24(18)30-25/h7-12,14-16,29,31H,13,17H2,1-6H3/q-1. The molecule has 168 valence electrons. The van der Waals surface area contributed by atoms with Crippen molar-refractivity contribution in [3.63, 3.8) is 0 Å². The van der Waals surface area contributed by atoms with Gasteiger partial charge >= 0.3 is 0 Å². The molecule has 0 amide bonds. The zero-order valence-electron chi connectivity index (χ0n) is 19.9. The number of rotatable bonds is 4. The summed E-state index contributed by atoms with van der Waals surface area (Å²) in [4.78, 5) is 1.17. The topological polar surface area (TPSA) is 46.4 Å². The third-order valence-corrected chi connectivity index (χ3v) is 6.77. The Balaban J connectivity index is 1.49. The van der Waals surface area contributed by atoms with Crippen LogP contribution in [0.15, 0.2) is 59.5 Å². The number of fused-ring (bicyclic) bond motifs is 2. The van der Waals surface area contributed by atoms with Crippen LogP contribution in [-0.2, 0) is 17.3 Å². The Labute approximate surface area is 196 Å². The largest absolute Gasteiger partial charge is 0.657 e. The Morgan fingerprint density at radius 3 is 2.12 bits per heavy atom. The van der Waals surface area contributed by atoms with Crippen molar-refractivity contribution in [3.05, 3.63) is 82.2 Å². The van der Waals surface area contributed by atoms with E-state index in [9.17, 15) is 5.11 Å². The van der Waals surface area contributed by atoms with Crippen molar-refractivity contribution in [2.75, 3.05) is 11.2 Å². The average Bonchev–Trinajstić information content (AvgIpc) is 2.71. The van der Waals surface area contributed by atoms with Gasteiger partial charge in [0, 0.05) is 21.7 Å². The first-order chi connectivity index (χ1) is 15.0. The van der Waals surface area contributed by atoms with Crippen molar-refractivity contribution < 1.29 is 5.11 Å². The number of phenolic OH excluding ortho intramolecular Hbond substituents is 1. The molecule has 4 heteroatoms. The first kappa shape index (κ1) is 22.6. The Morgan fingerprint density at radius 2 is 1.47 bits per heavy atom. The number of nitrogens with zero attached hydrogens (tertiary/aromatic N) is 1. The van der Waals surface area contributed by atoms with Crippen LogP contribution < -0.4 is 5.32 Å². The molecule has 1 aliphatic heterocycles. The fourth-order valence-corrected chi connectivity index (χ4v) is 4.90. The van der Waals surface area contributed by atoms with Gasteiger partial charge in [-0.3, -0.25) is 0 Å². The van der Waals surface area contributed by atoms with Crippen LogP contribution in [0, 0.1) is 0 Å². The van der Waals surface area contributed by atoms with Crippen LogP contribution in [0.3, 0.4) is 0 Å². The highest BCUT2D eigenvalue weighted by atomic mass is 32.2. The molecule has 0 fully saturated rings. The predicted octanol–water partition coefficient (Wildman–Crippen LogP) is 8.39. The molecular formula is C28H33N2OS-. The van der Waals surface area contributed by atoms with Crippen molar-refractivity contribution >= 4 is 28.8 Å².